The Balaban J connectivity index is 1.63. The van der Waals surface area contributed by atoms with Gasteiger partial charge in [0.15, 0.2) is 16.7 Å². The van der Waals surface area contributed by atoms with Crippen LogP contribution in [0.1, 0.15) is 12.5 Å². The monoisotopic (exact) mass is 390 g/mol. The van der Waals surface area contributed by atoms with Crippen molar-refractivity contribution in [3.05, 3.63) is 71.1 Å². The number of thioether (sulfide) groups is 1. The van der Waals surface area contributed by atoms with E-state index in [1.165, 1.54) is 11.8 Å². The quantitative estimate of drug-likeness (QED) is 0.626. The summed E-state index contributed by atoms with van der Waals surface area (Å²) in [4.78, 5) is 17.5. The van der Waals surface area contributed by atoms with Gasteiger partial charge in [-0.05, 0) is 53.9 Å². The number of nitrogens with zero attached hydrogens (tertiary/aromatic N) is 1. The molecular formula is C22H18N2O3S. The minimum Gasteiger partial charge on any atom is -0.504 e. The van der Waals surface area contributed by atoms with E-state index in [1.54, 1.807) is 24.3 Å². The van der Waals surface area contributed by atoms with E-state index in [1.807, 2.05) is 49.4 Å². The van der Waals surface area contributed by atoms with Crippen LogP contribution < -0.4 is 10.1 Å². The zero-order valence-electron chi connectivity index (χ0n) is 15.2. The number of rotatable bonds is 4. The molecule has 2 N–H and O–H groups in total. The largest absolute Gasteiger partial charge is 0.504 e. The normalized spacial score (nSPS) is 16.7. The van der Waals surface area contributed by atoms with Crippen LogP contribution >= 0.6 is 11.8 Å². The number of aliphatic imine (C=N–C) groups is 1. The van der Waals surface area contributed by atoms with Crippen molar-refractivity contribution < 1.29 is 14.6 Å². The van der Waals surface area contributed by atoms with Gasteiger partial charge in [0, 0.05) is 5.39 Å². The fraction of sp³-hybridized carbons (Fsp3) is 0.0909. The predicted molar refractivity (Wildman–Crippen MR) is 114 cm³/mol. The first-order valence-corrected chi connectivity index (χ1v) is 9.69. The molecule has 6 heteroatoms. The van der Waals surface area contributed by atoms with Crippen LogP contribution in [0.5, 0.6) is 11.5 Å². The van der Waals surface area contributed by atoms with Crippen molar-refractivity contribution in [2.24, 2.45) is 4.99 Å². The van der Waals surface area contributed by atoms with Gasteiger partial charge < -0.3 is 15.2 Å². The van der Waals surface area contributed by atoms with E-state index in [4.69, 9.17) is 4.74 Å². The molecule has 1 fully saturated rings. The Hall–Kier alpha value is -3.25. The lowest BCUT2D eigenvalue weighted by atomic mass is 10.1. The van der Waals surface area contributed by atoms with Gasteiger partial charge >= 0.3 is 0 Å². The molecule has 140 valence electrons. The SMILES string of the molecule is CCOc1cc(/C=C2\SC(=Nc3cccc4ccccc34)NC2=O)ccc1O. The lowest BCUT2D eigenvalue weighted by Gasteiger charge is -2.06. The smallest absolute Gasteiger partial charge is 0.264 e. The summed E-state index contributed by atoms with van der Waals surface area (Å²) < 4.78 is 5.40. The third-order valence-corrected chi connectivity index (χ3v) is 5.13. The molecule has 0 aliphatic carbocycles. The van der Waals surface area contributed by atoms with E-state index < -0.39 is 0 Å². The van der Waals surface area contributed by atoms with Crippen molar-refractivity contribution in [2.75, 3.05) is 6.61 Å². The van der Waals surface area contributed by atoms with Crippen molar-refractivity contribution in [3.8, 4) is 11.5 Å². The first-order valence-electron chi connectivity index (χ1n) is 8.87. The number of aromatic hydroxyl groups is 1. The molecule has 0 aromatic heterocycles. The van der Waals surface area contributed by atoms with Gasteiger partial charge in [0.25, 0.3) is 5.91 Å². The maximum Gasteiger partial charge on any atom is 0.264 e. The van der Waals surface area contributed by atoms with Crippen molar-refractivity contribution in [1.29, 1.82) is 0 Å². The number of amides is 1. The van der Waals surface area contributed by atoms with Gasteiger partial charge in [0.2, 0.25) is 0 Å². The molecule has 1 aliphatic rings. The Labute approximate surface area is 166 Å². The molecular weight excluding hydrogens is 372 g/mol. The van der Waals surface area contributed by atoms with Crippen LogP contribution in [0.3, 0.4) is 0 Å². The number of ether oxygens (including phenoxy) is 1. The van der Waals surface area contributed by atoms with Crippen LogP contribution in [0.4, 0.5) is 5.69 Å². The molecule has 0 atom stereocenters. The van der Waals surface area contributed by atoms with Gasteiger partial charge in [-0.2, -0.15) is 0 Å². The second-order valence-electron chi connectivity index (χ2n) is 6.14. The molecule has 0 spiro atoms. The molecule has 0 unspecified atom stereocenters. The zero-order chi connectivity index (χ0) is 19.5. The summed E-state index contributed by atoms with van der Waals surface area (Å²) in [6.45, 7) is 2.30. The van der Waals surface area contributed by atoms with Gasteiger partial charge in [0.1, 0.15) is 0 Å². The van der Waals surface area contributed by atoms with E-state index in [0.717, 1.165) is 22.0 Å². The third kappa shape index (κ3) is 3.73. The number of hydrogen-bond acceptors (Lipinski definition) is 5. The molecule has 1 amide bonds. The maximum atomic E-state index is 12.4. The Morgan fingerprint density at radius 2 is 1.96 bits per heavy atom. The second-order valence-corrected chi connectivity index (χ2v) is 7.17. The minimum absolute atomic E-state index is 0.0748. The molecule has 5 nitrogen and oxygen atoms in total. The molecule has 1 saturated heterocycles. The highest BCUT2D eigenvalue weighted by atomic mass is 32.2. The van der Waals surface area contributed by atoms with Crippen LogP contribution in [-0.4, -0.2) is 22.8 Å². The van der Waals surface area contributed by atoms with Gasteiger partial charge in [-0.3, -0.25) is 4.79 Å². The number of hydrogen-bond donors (Lipinski definition) is 2. The van der Waals surface area contributed by atoms with E-state index in [-0.39, 0.29) is 11.7 Å². The summed E-state index contributed by atoms with van der Waals surface area (Å²) >= 11 is 1.29. The topological polar surface area (TPSA) is 70.9 Å². The highest BCUT2D eigenvalue weighted by molar-refractivity contribution is 8.18. The Morgan fingerprint density at radius 1 is 1.14 bits per heavy atom. The highest BCUT2D eigenvalue weighted by Gasteiger charge is 2.24. The summed E-state index contributed by atoms with van der Waals surface area (Å²) in [7, 11) is 0. The summed E-state index contributed by atoms with van der Waals surface area (Å²) in [5.74, 6) is 0.269. The number of phenols is 1. The molecule has 0 bridgehead atoms. The molecule has 28 heavy (non-hydrogen) atoms. The van der Waals surface area contributed by atoms with Crippen LogP contribution in [0.25, 0.3) is 16.8 Å². The van der Waals surface area contributed by atoms with E-state index in [2.05, 4.69) is 10.3 Å². The van der Waals surface area contributed by atoms with Crippen LogP contribution in [0.15, 0.2) is 70.6 Å². The zero-order valence-corrected chi connectivity index (χ0v) is 16.0. The number of benzene rings is 3. The van der Waals surface area contributed by atoms with Crippen molar-refractivity contribution in [3.63, 3.8) is 0 Å². The second kappa shape index (κ2) is 7.78. The summed E-state index contributed by atoms with van der Waals surface area (Å²) in [5, 5.41) is 15.3. The van der Waals surface area contributed by atoms with Gasteiger partial charge in [-0.25, -0.2) is 4.99 Å². The lowest BCUT2D eigenvalue weighted by Crippen LogP contribution is -2.19. The van der Waals surface area contributed by atoms with E-state index in [0.29, 0.717) is 22.4 Å². The lowest BCUT2D eigenvalue weighted by molar-refractivity contribution is -0.115. The number of nitrogens with one attached hydrogen (secondary N) is 1. The van der Waals surface area contributed by atoms with Crippen LogP contribution in [0.2, 0.25) is 0 Å². The Kier molecular flexibility index (Phi) is 5.04. The Bertz CT molecular complexity index is 1120. The summed E-state index contributed by atoms with van der Waals surface area (Å²) in [6.07, 6.45) is 1.76. The predicted octanol–water partition coefficient (Wildman–Crippen LogP) is 4.84. The van der Waals surface area contributed by atoms with Crippen molar-refractivity contribution in [2.45, 2.75) is 6.92 Å². The fourth-order valence-corrected chi connectivity index (χ4v) is 3.77. The molecule has 1 heterocycles. The van der Waals surface area contributed by atoms with Crippen LogP contribution in [-0.2, 0) is 4.79 Å². The number of fused-ring (bicyclic) bond motifs is 1. The minimum atomic E-state index is -0.199. The average Bonchev–Trinajstić information content (AvgIpc) is 3.04. The van der Waals surface area contributed by atoms with Gasteiger partial charge in [0.05, 0.1) is 17.2 Å². The fourth-order valence-electron chi connectivity index (χ4n) is 2.94. The highest BCUT2D eigenvalue weighted by Crippen LogP contribution is 2.33. The summed E-state index contributed by atoms with van der Waals surface area (Å²) in [5.41, 5.74) is 1.58. The molecule has 0 saturated carbocycles. The van der Waals surface area contributed by atoms with Gasteiger partial charge in [-0.15, -0.1) is 0 Å². The Morgan fingerprint density at radius 3 is 2.82 bits per heavy atom. The van der Waals surface area contributed by atoms with E-state index in [9.17, 15) is 9.90 Å². The molecule has 3 aromatic carbocycles. The maximum absolute atomic E-state index is 12.4. The molecule has 3 aromatic rings. The number of carbonyl (C=O) groups is 1. The molecule has 4 rings (SSSR count). The summed E-state index contributed by atoms with van der Waals surface area (Å²) in [6, 6.07) is 18.9. The first-order chi connectivity index (χ1) is 13.6. The van der Waals surface area contributed by atoms with E-state index >= 15 is 0 Å². The van der Waals surface area contributed by atoms with Crippen molar-refractivity contribution in [1.82, 2.24) is 5.32 Å². The molecule has 0 radical (unpaired) electrons. The van der Waals surface area contributed by atoms with Crippen LogP contribution in [0, 0.1) is 0 Å². The first kappa shape index (κ1) is 18.1. The average molecular weight is 390 g/mol. The number of carbonyl (C=O) groups excluding carboxylic acids is 1. The van der Waals surface area contributed by atoms with Crippen molar-refractivity contribution >= 4 is 45.4 Å². The number of phenolic OH excluding ortho intramolecular Hbond substituents is 1. The molecule has 1 aliphatic heterocycles. The third-order valence-electron chi connectivity index (χ3n) is 4.22. The standard InChI is InChI=1S/C22H18N2O3S/c1-2-27-19-12-14(10-11-18(19)25)13-20-21(26)24-22(28-20)23-17-9-5-7-15-6-3-4-8-16(15)17/h3-13,25H,2H2,1H3,(H,23,24,26)/b20-13-. The van der Waals surface area contributed by atoms with Gasteiger partial charge in [-0.1, -0.05) is 42.5 Å². The number of amidine groups is 1.